The maximum Gasteiger partial charge on any atom is 0.231 e. The van der Waals surface area contributed by atoms with E-state index >= 15 is 0 Å². The minimum Gasteiger partial charge on any atom is -0.454 e. The molecule has 1 unspecified atom stereocenters. The Bertz CT molecular complexity index is 539. The van der Waals surface area contributed by atoms with E-state index in [0.717, 1.165) is 5.56 Å². The van der Waals surface area contributed by atoms with Crippen molar-refractivity contribution >= 4 is 9.84 Å². The third kappa shape index (κ3) is 2.59. The molecule has 100 valence electrons. The van der Waals surface area contributed by atoms with Crippen molar-refractivity contribution < 1.29 is 17.9 Å². The van der Waals surface area contributed by atoms with Crippen molar-refractivity contribution in [3.63, 3.8) is 0 Å². The second-order valence-electron chi connectivity index (χ2n) is 4.60. The van der Waals surface area contributed by atoms with Gasteiger partial charge in [-0.2, -0.15) is 0 Å². The lowest BCUT2D eigenvalue weighted by molar-refractivity contribution is 0.174. The van der Waals surface area contributed by atoms with Gasteiger partial charge in [0.05, 0.1) is 11.0 Å². The summed E-state index contributed by atoms with van der Waals surface area (Å²) in [6.45, 7) is 3.50. The molecule has 0 amide bonds. The summed E-state index contributed by atoms with van der Waals surface area (Å²) in [5, 5.41) is -0.419. The summed E-state index contributed by atoms with van der Waals surface area (Å²) in [4.78, 5) is 0. The first-order chi connectivity index (χ1) is 8.40. The van der Waals surface area contributed by atoms with Gasteiger partial charge in [-0.05, 0) is 31.5 Å². The summed E-state index contributed by atoms with van der Waals surface area (Å²) in [6.07, 6.45) is 0. The van der Waals surface area contributed by atoms with Crippen LogP contribution in [0.25, 0.3) is 0 Å². The number of sulfone groups is 1. The molecule has 5 nitrogen and oxygen atoms in total. The first-order valence-corrected chi connectivity index (χ1v) is 7.48. The summed E-state index contributed by atoms with van der Waals surface area (Å²) in [5.74, 6) is 1.21. The number of nitrogens with two attached hydrogens (primary N) is 1. The Morgan fingerprint density at radius 3 is 2.61 bits per heavy atom. The molecule has 1 aliphatic heterocycles. The summed E-state index contributed by atoms with van der Waals surface area (Å²) in [6, 6.07) is 4.71. The van der Waals surface area contributed by atoms with Gasteiger partial charge in [0.2, 0.25) is 6.79 Å². The van der Waals surface area contributed by atoms with Crippen LogP contribution in [0.15, 0.2) is 18.2 Å². The minimum absolute atomic E-state index is 0.0652. The highest BCUT2D eigenvalue weighted by molar-refractivity contribution is 7.92. The van der Waals surface area contributed by atoms with Crippen LogP contribution < -0.4 is 15.2 Å². The third-order valence-corrected chi connectivity index (χ3v) is 5.22. The summed E-state index contributed by atoms with van der Waals surface area (Å²) in [5.41, 5.74) is 6.68. The molecular formula is C12H17NO4S. The molecule has 0 aliphatic carbocycles. The monoisotopic (exact) mass is 271 g/mol. The Morgan fingerprint density at radius 1 is 1.28 bits per heavy atom. The Kier molecular flexibility index (Phi) is 3.49. The van der Waals surface area contributed by atoms with Crippen molar-refractivity contribution in [3.8, 4) is 11.5 Å². The molecule has 2 rings (SSSR count). The molecule has 0 radical (unpaired) electrons. The maximum absolute atomic E-state index is 11.8. The maximum atomic E-state index is 11.8. The Morgan fingerprint density at radius 2 is 1.94 bits per heavy atom. The van der Waals surface area contributed by atoms with E-state index in [1.54, 1.807) is 32.0 Å². The number of fused-ring (bicyclic) bond motifs is 1. The van der Waals surface area contributed by atoms with Crippen molar-refractivity contribution in [2.45, 2.75) is 25.1 Å². The van der Waals surface area contributed by atoms with Gasteiger partial charge in [-0.3, -0.25) is 0 Å². The van der Waals surface area contributed by atoms with Gasteiger partial charge in [0.25, 0.3) is 0 Å². The van der Waals surface area contributed by atoms with E-state index in [9.17, 15) is 8.42 Å². The van der Waals surface area contributed by atoms with Crippen LogP contribution in [0.2, 0.25) is 0 Å². The Balaban J connectivity index is 2.17. The van der Waals surface area contributed by atoms with Crippen LogP contribution in [-0.4, -0.2) is 26.2 Å². The fourth-order valence-corrected chi connectivity index (χ4v) is 2.76. The number of hydrogen-bond acceptors (Lipinski definition) is 5. The topological polar surface area (TPSA) is 78.6 Å². The van der Waals surface area contributed by atoms with E-state index < -0.39 is 21.1 Å². The normalized spacial score (nSPS) is 16.0. The zero-order chi connectivity index (χ0) is 13.3. The molecule has 2 N–H and O–H groups in total. The fourth-order valence-electron chi connectivity index (χ4n) is 1.68. The number of benzene rings is 1. The van der Waals surface area contributed by atoms with E-state index in [1.165, 1.54) is 0 Å². The van der Waals surface area contributed by atoms with Gasteiger partial charge in [-0.1, -0.05) is 6.07 Å². The highest BCUT2D eigenvalue weighted by Gasteiger charge is 2.23. The average molecular weight is 271 g/mol. The van der Waals surface area contributed by atoms with E-state index in [4.69, 9.17) is 15.2 Å². The molecule has 0 aromatic heterocycles. The number of ether oxygens (including phenoxy) is 2. The largest absolute Gasteiger partial charge is 0.454 e. The highest BCUT2D eigenvalue weighted by atomic mass is 32.2. The lowest BCUT2D eigenvalue weighted by Crippen LogP contribution is -2.26. The van der Waals surface area contributed by atoms with Crippen LogP contribution in [0.3, 0.4) is 0 Å². The second-order valence-corrected chi connectivity index (χ2v) is 7.20. The van der Waals surface area contributed by atoms with Gasteiger partial charge in [0.15, 0.2) is 21.3 Å². The molecule has 0 spiro atoms. The minimum atomic E-state index is -3.16. The van der Waals surface area contributed by atoms with Crippen LogP contribution >= 0.6 is 0 Å². The molecule has 1 aromatic carbocycles. The fraction of sp³-hybridized carbons (Fsp3) is 0.500. The summed E-state index contributed by atoms with van der Waals surface area (Å²) >= 11 is 0. The second kappa shape index (κ2) is 4.78. The number of rotatable bonds is 4. The third-order valence-electron chi connectivity index (χ3n) is 2.95. The summed E-state index contributed by atoms with van der Waals surface area (Å²) < 4.78 is 34.1. The first kappa shape index (κ1) is 13.2. The predicted octanol–water partition coefficient (Wildman–Crippen LogP) is 1.24. The van der Waals surface area contributed by atoms with Crippen molar-refractivity contribution in [1.82, 2.24) is 0 Å². The van der Waals surface area contributed by atoms with Gasteiger partial charge < -0.3 is 15.2 Å². The molecule has 0 fully saturated rings. The lowest BCUT2D eigenvalue weighted by atomic mass is 10.1. The van der Waals surface area contributed by atoms with Crippen LogP contribution in [0.5, 0.6) is 11.5 Å². The molecule has 1 aliphatic rings. The van der Waals surface area contributed by atoms with Crippen LogP contribution in [0.1, 0.15) is 25.5 Å². The van der Waals surface area contributed by atoms with Crippen molar-refractivity contribution in [2.75, 3.05) is 12.5 Å². The van der Waals surface area contributed by atoms with E-state index in [1.807, 2.05) is 0 Å². The molecule has 1 aromatic rings. The van der Waals surface area contributed by atoms with E-state index in [0.29, 0.717) is 11.5 Å². The van der Waals surface area contributed by atoms with Gasteiger partial charge in [-0.15, -0.1) is 0 Å². The van der Waals surface area contributed by atoms with Gasteiger partial charge in [-0.25, -0.2) is 8.42 Å². The van der Waals surface area contributed by atoms with Crippen molar-refractivity contribution in [2.24, 2.45) is 5.73 Å². The molecule has 6 heteroatoms. The summed E-state index contributed by atoms with van der Waals surface area (Å²) in [7, 11) is -3.16. The molecule has 18 heavy (non-hydrogen) atoms. The molecular weight excluding hydrogens is 254 g/mol. The van der Waals surface area contributed by atoms with Gasteiger partial charge >= 0.3 is 0 Å². The van der Waals surface area contributed by atoms with Gasteiger partial charge in [0, 0.05) is 6.04 Å². The highest BCUT2D eigenvalue weighted by Crippen LogP contribution is 2.34. The van der Waals surface area contributed by atoms with Crippen LogP contribution in [0.4, 0.5) is 0 Å². The Hall–Kier alpha value is -1.27. The lowest BCUT2D eigenvalue weighted by Gasteiger charge is -2.15. The molecule has 0 saturated carbocycles. The van der Waals surface area contributed by atoms with Gasteiger partial charge in [0.1, 0.15) is 0 Å². The first-order valence-electron chi connectivity index (χ1n) is 5.77. The SMILES string of the molecule is CC(C)S(=O)(=O)CC(N)c1ccc2c(c1)OCO2. The standard InChI is InChI=1S/C12H17NO4S/c1-8(2)18(14,15)6-10(13)9-3-4-11-12(5-9)17-7-16-11/h3-5,8,10H,6-7,13H2,1-2H3. The van der Waals surface area contributed by atoms with E-state index in [2.05, 4.69) is 0 Å². The molecule has 1 heterocycles. The van der Waals surface area contributed by atoms with Crippen molar-refractivity contribution in [1.29, 1.82) is 0 Å². The van der Waals surface area contributed by atoms with E-state index in [-0.39, 0.29) is 12.5 Å². The molecule has 0 bridgehead atoms. The number of hydrogen-bond donors (Lipinski definition) is 1. The van der Waals surface area contributed by atoms with Crippen LogP contribution in [0, 0.1) is 0 Å². The Labute approximate surface area is 107 Å². The zero-order valence-electron chi connectivity index (χ0n) is 10.4. The molecule has 0 saturated heterocycles. The molecule has 1 atom stereocenters. The van der Waals surface area contributed by atoms with Crippen LogP contribution in [-0.2, 0) is 9.84 Å². The quantitative estimate of drug-likeness (QED) is 0.891. The van der Waals surface area contributed by atoms with Crippen molar-refractivity contribution in [3.05, 3.63) is 23.8 Å². The average Bonchev–Trinajstić information content (AvgIpc) is 2.74. The zero-order valence-corrected chi connectivity index (χ0v) is 11.2. The predicted molar refractivity (Wildman–Crippen MR) is 68.4 cm³/mol. The smallest absolute Gasteiger partial charge is 0.231 e.